The fourth-order valence-corrected chi connectivity index (χ4v) is 2.26. The first-order chi connectivity index (χ1) is 9.56. The maximum atomic E-state index is 11.8. The number of amides is 1. The Morgan fingerprint density at radius 1 is 1.20 bits per heavy atom. The Balaban J connectivity index is 2.02. The molecule has 102 valence electrons. The second-order valence-corrected chi connectivity index (χ2v) is 5.69. The van der Waals surface area contributed by atoms with Gasteiger partial charge in [0.15, 0.2) is 0 Å². The number of carbonyl (C=O) groups excluding carboxylic acids is 1. The Kier molecular flexibility index (Phi) is 4.92. The van der Waals surface area contributed by atoms with Gasteiger partial charge in [0.05, 0.1) is 10.7 Å². The van der Waals surface area contributed by atoms with Crippen molar-refractivity contribution in [2.45, 2.75) is 0 Å². The van der Waals surface area contributed by atoms with Crippen LogP contribution in [0.2, 0.25) is 0 Å². The van der Waals surface area contributed by atoms with E-state index in [-0.39, 0.29) is 11.7 Å². The molecule has 0 saturated heterocycles. The zero-order valence-electron chi connectivity index (χ0n) is 10.2. The zero-order chi connectivity index (χ0) is 14.5. The Hall–Kier alpha value is -1.66. The maximum Gasteiger partial charge on any atom is 0.271 e. The first-order valence-corrected chi connectivity index (χ1v) is 7.22. The van der Waals surface area contributed by atoms with E-state index in [1.165, 1.54) is 6.21 Å². The van der Waals surface area contributed by atoms with Crippen LogP contribution >= 0.6 is 31.9 Å². The number of halogens is 2. The summed E-state index contributed by atoms with van der Waals surface area (Å²) in [6.07, 6.45) is 1.50. The van der Waals surface area contributed by atoms with Crippen LogP contribution in [-0.2, 0) is 0 Å². The third kappa shape index (κ3) is 3.91. The number of benzene rings is 2. The van der Waals surface area contributed by atoms with Crippen molar-refractivity contribution in [3.8, 4) is 5.75 Å². The fraction of sp³-hybridized carbons (Fsp3) is 0. The summed E-state index contributed by atoms with van der Waals surface area (Å²) < 4.78 is 1.40. The highest BCUT2D eigenvalue weighted by molar-refractivity contribution is 9.10. The predicted octanol–water partition coefficient (Wildman–Crippen LogP) is 3.68. The maximum absolute atomic E-state index is 11.8. The average Bonchev–Trinajstić information content (AvgIpc) is 2.42. The molecule has 2 N–H and O–H groups in total. The molecule has 0 heterocycles. The number of nitrogens with one attached hydrogen (secondary N) is 1. The molecule has 6 heteroatoms. The minimum absolute atomic E-state index is 0.153. The van der Waals surface area contributed by atoms with E-state index in [0.29, 0.717) is 10.0 Å². The predicted molar refractivity (Wildman–Crippen MR) is 85.0 cm³/mol. The molecule has 0 aliphatic heterocycles. The Bertz CT molecular complexity index is 672. The Labute approximate surface area is 132 Å². The molecule has 2 rings (SSSR count). The zero-order valence-corrected chi connectivity index (χ0v) is 13.3. The first kappa shape index (κ1) is 14.7. The monoisotopic (exact) mass is 396 g/mol. The molecule has 4 nitrogen and oxygen atoms in total. The van der Waals surface area contributed by atoms with Crippen LogP contribution in [0.15, 0.2) is 56.5 Å². The van der Waals surface area contributed by atoms with Crippen LogP contribution in [-0.4, -0.2) is 17.2 Å². The van der Waals surface area contributed by atoms with Gasteiger partial charge in [0.25, 0.3) is 5.91 Å². The highest BCUT2D eigenvalue weighted by atomic mass is 79.9. The van der Waals surface area contributed by atoms with Crippen molar-refractivity contribution in [3.63, 3.8) is 0 Å². The number of rotatable bonds is 3. The lowest BCUT2D eigenvalue weighted by Gasteiger charge is -2.01. The van der Waals surface area contributed by atoms with Crippen LogP contribution in [0, 0.1) is 0 Å². The number of phenolic OH excluding ortho intramolecular Hbond substituents is 1. The molecule has 0 radical (unpaired) electrons. The molecular weight excluding hydrogens is 388 g/mol. The summed E-state index contributed by atoms with van der Waals surface area (Å²) in [5.74, 6) is -0.138. The van der Waals surface area contributed by atoms with Crippen molar-refractivity contribution in [1.82, 2.24) is 5.43 Å². The first-order valence-electron chi connectivity index (χ1n) is 5.64. The normalized spacial score (nSPS) is 10.7. The fourth-order valence-electron chi connectivity index (χ4n) is 1.46. The molecule has 0 aromatic heterocycles. The van der Waals surface area contributed by atoms with Crippen LogP contribution in [0.1, 0.15) is 15.9 Å². The van der Waals surface area contributed by atoms with Crippen molar-refractivity contribution < 1.29 is 9.90 Å². The van der Waals surface area contributed by atoms with Crippen LogP contribution < -0.4 is 5.43 Å². The summed E-state index contributed by atoms with van der Waals surface area (Å²) in [4.78, 5) is 11.8. The Morgan fingerprint density at radius 3 is 2.70 bits per heavy atom. The molecule has 2 aromatic carbocycles. The molecule has 0 saturated carbocycles. The molecule has 0 unspecified atom stereocenters. The number of phenols is 1. The van der Waals surface area contributed by atoms with Gasteiger partial charge in [-0.1, -0.05) is 22.0 Å². The van der Waals surface area contributed by atoms with Crippen molar-refractivity contribution in [2.75, 3.05) is 0 Å². The molecular formula is C14H10Br2N2O2. The number of hydrogen-bond donors (Lipinski definition) is 2. The highest BCUT2D eigenvalue weighted by Crippen LogP contribution is 2.23. The molecule has 2 aromatic rings. The van der Waals surface area contributed by atoms with Gasteiger partial charge in [-0.05, 0) is 57.9 Å². The number of nitrogens with zero attached hydrogens (tertiary/aromatic N) is 1. The third-order valence-corrected chi connectivity index (χ3v) is 3.57. The summed E-state index contributed by atoms with van der Waals surface area (Å²) in [6.45, 7) is 0. The van der Waals surface area contributed by atoms with Gasteiger partial charge in [0.2, 0.25) is 0 Å². The average molecular weight is 398 g/mol. The van der Waals surface area contributed by atoms with E-state index in [1.54, 1.807) is 36.4 Å². The van der Waals surface area contributed by atoms with Crippen molar-refractivity contribution in [1.29, 1.82) is 0 Å². The van der Waals surface area contributed by atoms with Crippen LogP contribution in [0.4, 0.5) is 0 Å². The molecule has 0 atom stereocenters. The van der Waals surface area contributed by atoms with Crippen molar-refractivity contribution in [2.24, 2.45) is 5.10 Å². The van der Waals surface area contributed by atoms with Gasteiger partial charge in [-0.15, -0.1) is 0 Å². The molecule has 0 aliphatic carbocycles. The number of hydrazone groups is 1. The third-order valence-electron chi connectivity index (χ3n) is 2.44. The minimum atomic E-state index is -0.291. The topological polar surface area (TPSA) is 61.7 Å². The lowest BCUT2D eigenvalue weighted by molar-refractivity contribution is 0.0955. The molecule has 0 bridgehead atoms. The van der Waals surface area contributed by atoms with Crippen LogP contribution in [0.5, 0.6) is 5.75 Å². The van der Waals surface area contributed by atoms with E-state index in [9.17, 15) is 9.90 Å². The molecule has 20 heavy (non-hydrogen) atoms. The lowest BCUT2D eigenvalue weighted by Crippen LogP contribution is -2.17. The number of aromatic hydroxyl groups is 1. The van der Waals surface area contributed by atoms with Gasteiger partial charge in [0.1, 0.15) is 5.75 Å². The smallest absolute Gasteiger partial charge is 0.271 e. The number of hydrogen-bond acceptors (Lipinski definition) is 3. The van der Waals surface area contributed by atoms with E-state index >= 15 is 0 Å². The number of carbonyl (C=O) groups is 1. The van der Waals surface area contributed by atoms with Crippen LogP contribution in [0.25, 0.3) is 0 Å². The van der Waals surface area contributed by atoms with Gasteiger partial charge in [0, 0.05) is 10.0 Å². The van der Waals surface area contributed by atoms with Crippen molar-refractivity contribution >= 4 is 44.0 Å². The summed E-state index contributed by atoms with van der Waals surface area (Å²) in [5, 5.41) is 13.2. The minimum Gasteiger partial charge on any atom is -0.507 e. The second kappa shape index (κ2) is 6.67. The summed E-state index contributed by atoms with van der Waals surface area (Å²) in [7, 11) is 0. The quantitative estimate of drug-likeness (QED) is 0.612. The molecule has 1 amide bonds. The molecule has 0 fully saturated rings. The van der Waals surface area contributed by atoms with E-state index in [1.807, 2.05) is 6.07 Å². The lowest BCUT2D eigenvalue weighted by atomic mass is 10.2. The summed E-state index contributed by atoms with van der Waals surface area (Å²) >= 11 is 6.51. The molecule has 0 aliphatic rings. The van der Waals surface area contributed by atoms with E-state index in [0.717, 1.165) is 10.0 Å². The Morgan fingerprint density at radius 2 is 2.00 bits per heavy atom. The van der Waals surface area contributed by atoms with Crippen LogP contribution in [0.3, 0.4) is 0 Å². The largest absolute Gasteiger partial charge is 0.507 e. The standard InChI is InChI=1S/C14H10Br2N2O2/c15-11-3-1-2-10(7-11)14(20)18-17-8-9-4-5-13(19)12(16)6-9/h1-8,19H,(H,18,20)/b17-8-. The second-order valence-electron chi connectivity index (χ2n) is 3.92. The van der Waals surface area contributed by atoms with Gasteiger partial charge >= 0.3 is 0 Å². The van der Waals surface area contributed by atoms with Gasteiger partial charge in [-0.3, -0.25) is 4.79 Å². The van der Waals surface area contributed by atoms with E-state index in [4.69, 9.17) is 0 Å². The summed E-state index contributed by atoms with van der Waals surface area (Å²) in [5.41, 5.74) is 3.71. The van der Waals surface area contributed by atoms with Gasteiger partial charge in [-0.25, -0.2) is 5.43 Å². The SMILES string of the molecule is O=C(N/N=C\c1ccc(O)c(Br)c1)c1cccc(Br)c1. The summed E-state index contributed by atoms with van der Waals surface area (Å²) in [6, 6.07) is 12.0. The van der Waals surface area contributed by atoms with E-state index < -0.39 is 0 Å². The van der Waals surface area contributed by atoms with Gasteiger partial charge < -0.3 is 5.11 Å². The highest BCUT2D eigenvalue weighted by Gasteiger charge is 2.03. The van der Waals surface area contributed by atoms with Gasteiger partial charge in [-0.2, -0.15) is 5.10 Å². The molecule has 0 spiro atoms. The van der Waals surface area contributed by atoms with Crippen molar-refractivity contribution in [3.05, 3.63) is 62.5 Å². The van der Waals surface area contributed by atoms with E-state index in [2.05, 4.69) is 42.4 Å².